The summed E-state index contributed by atoms with van der Waals surface area (Å²) in [6.07, 6.45) is -0.786. The lowest BCUT2D eigenvalue weighted by atomic mass is 10.1. The molecule has 32 heavy (non-hydrogen) atoms. The van der Waals surface area contributed by atoms with Gasteiger partial charge < -0.3 is 20.3 Å². The number of ether oxygens (including phenoxy) is 1. The molecule has 0 radical (unpaired) electrons. The standard InChI is InChI=1S/C25H32N4O3/c1-17-7-8-22-20(15-17)27-25(31)23(32-22)16-24(30)26-9-10-28-11-13-29(14-12-28)21-6-4-5-18(2)19(21)3/h4-8,15,23H,9-14,16H2,1-3H3,(H,26,30)(H,27,31)/t23-/m0/s1. The first-order chi connectivity index (χ1) is 15.4. The van der Waals surface area contributed by atoms with E-state index in [0.29, 0.717) is 18.0 Å². The minimum atomic E-state index is -0.800. The van der Waals surface area contributed by atoms with E-state index in [1.807, 2.05) is 25.1 Å². The summed E-state index contributed by atoms with van der Waals surface area (Å²) in [5.41, 5.74) is 5.69. The Morgan fingerprint density at radius 3 is 2.69 bits per heavy atom. The van der Waals surface area contributed by atoms with E-state index < -0.39 is 6.10 Å². The van der Waals surface area contributed by atoms with Crippen molar-refractivity contribution in [1.82, 2.24) is 10.2 Å². The van der Waals surface area contributed by atoms with E-state index in [0.717, 1.165) is 38.3 Å². The number of rotatable bonds is 6. The van der Waals surface area contributed by atoms with Crippen LogP contribution in [0.4, 0.5) is 11.4 Å². The molecule has 0 bridgehead atoms. The van der Waals surface area contributed by atoms with Gasteiger partial charge in [0.15, 0.2) is 6.10 Å². The second-order valence-corrected chi connectivity index (χ2v) is 8.70. The van der Waals surface area contributed by atoms with Crippen LogP contribution in [0.2, 0.25) is 0 Å². The number of fused-ring (bicyclic) bond motifs is 1. The van der Waals surface area contributed by atoms with Crippen LogP contribution in [0.3, 0.4) is 0 Å². The van der Waals surface area contributed by atoms with Gasteiger partial charge in [0.25, 0.3) is 5.91 Å². The molecule has 1 atom stereocenters. The number of hydrogen-bond acceptors (Lipinski definition) is 5. The zero-order chi connectivity index (χ0) is 22.7. The van der Waals surface area contributed by atoms with Gasteiger partial charge in [-0.05, 0) is 55.7 Å². The average molecular weight is 437 g/mol. The van der Waals surface area contributed by atoms with Gasteiger partial charge >= 0.3 is 0 Å². The number of aryl methyl sites for hydroxylation is 2. The van der Waals surface area contributed by atoms with Gasteiger partial charge in [-0.1, -0.05) is 18.2 Å². The Hall–Kier alpha value is -3.06. The maximum atomic E-state index is 12.4. The molecule has 4 rings (SSSR count). The van der Waals surface area contributed by atoms with Gasteiger partial charge in [0.05, 0.1) is 12.1 Å². The highest BCUT2D eigenvalue weighted by atomic mass is 16.5. The smallest absolute Gasteiger partial charge is 0.266 e. The molecule has 2 aromatic rings. The number of nitrogens with zero attached hydrogens (tertiary/aromatic N) is 2. The van der Waals surface area contributed by atoms with Crippen molar-refractivity contribution in [3.8, 4) is 5.75 Å². The minimum Gasteiger partial charge on any atom is -0.478 e. The Morgan fingerprint density at radius 1 is 1.12 bits per heavy atom. The summed E-state index contributed by atoms with van der Waals surface area (Å²) in [5.74, 6) is 0.158. The first-order valence-electron chi connectivity index (χ1n) is 11.3. The van der Waals surface area contributed by atoms with Crippen molar-refractivity contribution in [1.29, 1.82) is 0 Å². The Balaban J connectivity index is 1.19. The van der Waals surface area contributed by atoms with E-state index in [1.165, 1.54) is 16.8 Å². The largest absolute Gasteiger partial charge is 0.478 e. The summed E-state index contributed by atoms with van der Waals surface area (Å²) in [5, 5.41) is 5.77. The van der Waals surface area contributed by atoms with Gasteiger partial charge in [-0.2, -0.15) is 0 Å². The summed E-state index contributed by atoms with van der Waals surface area (Å²) in [6.45, 7) is 11.5. The lowest BCUT2D eigenvalue weighted by molar-refractivity contribution is -0.130. The maximum Gasteiger partial charge on any atom is 0.266 e. The first kappa shape index (κ1) is 22.1. The zero-order valence-corrected chi connectivity index (χ0v) is 19.1. The average Bonchev–Trinajstić information content (AvgIpc) is 2.77. The molecular weight excluding hydrogens is 404 g/mol. The highest BCUT2D eigenvalue weighted by Gasteiger charge is 2.29. The van der Waals surface area contributed by atoms with Crippen molar-refractivity contribution in [2.45, 2.75) is 33.3 Å². The molecule has 0 unspecified atom stereocenters. The fourth-order valence-corrected chi connectivity index (χ4v) is 4.28. The number of carbonyl (C=O) groups excluding carboxylic acids is 2. The lowest BCUT2D eigenvalue weighted by Gasteiger charge is -2.37. The molecule has 0 saturated carbocycles. The molecule has 1 fully saturated rings. The summed E-state index contributed by atoms with van der Waals surface area (Å²) >= 11 is 0. The van der Waals surface area contributed by atoms with Crippen LogP contribution in [-0.2, 0) is 9.59 Å². The van der Waals surface area contributed by atoms with Gasteiger partial charge in [-0.25, -0.2) is 0 Å². The van der Waals surface area contributed by atoms with Gasteiger partial charge in [-0.15, -0.1) is 0 Å². The SMILES string of the molecule is Cc1ccc2c(c1)NC(=O)[C@H](CC(=O)NCCN1CCN(c3cccc(C)c3C)CC1)O2. The summed E-state index contributed by atoms with van der Waals surface area (Å²) < 4.78 is 5.75. The quantitative estimate of drug-likeness (QED) is 0.728. The highest BCUT2D eigenvalue weighted by molar-refractivity contribution is 6.00. The van der Waals surface area contributed by atoms with E-state index in [4.69, 9.17) is 4.74 Å². The van der Waals surface area contributed by atoms with Crippen LogP contribution in [-0.4, -0.2) is 62.1 Å². The third-order valence-corrected chi connectivity index (χ3v) is 6.36. The monoisotopic (exact) mass is 436 g/mol. The van der Waals surface area contributed by atoms with Crippen LogP contribution >= 0.6 is 0 Å². The summed E-state index contributed by atoms with van der Waals surface area (Å²) in [4.78, 5) is 29.5. The van der Waals surface area contributed by atoms with Gasteiger partial charge in [0.1, 0.15) is 5.75 Å². The molecule has 0 spiro atoms. The van der Waals surface area contributed by atoms with Crippen LogP contribution < -0.4 is 20.3 Å². The molecule has 2 aliphatic rings. The number of carbonyl (C=O) groups is 2. The zero-order valence-electron chi connectivity index (χ0n) is 19.1. The molecule has 2 amide bonds. The number of nitrogens with one attached hydrogen (secondary N) is 2. The van der Waals surface area contributed by atoms with Crippen molar-refractivity contribution in [3.05, 3.63) is 53.1 Å². The van der Waals surface area contributed by atoms with Crippen LogP contribution in [0.15, 0.2) is 36.4 Å². The molecule has 1 saturated heterocycles. The summed E-state index contributed by atoms with van der Waals surface area (Å²) in [7, 11) is 0. The van der Waals surface area contributed by atoms with Crippen LogP contribution in [0.5, 0.6) is 5.75 Å². The molecule has 2 aromatic carbocycles. The van der Waals surface area contributed by atoms with Crippen LogP contribution in [0.25, 0.3) is 0 Å². The number of benzene rings is 2. The minimum absolute atomic E-state index is 0.0135. The van der Waals surface area contributed by atoms with Crippen molar-refractivity contribution in [2.75, 3.05) is 49.5 Å². The Labute approximate surface area is 189 Å². The van der Waals surface area contributed by atoms with E-state index in [9.17, 15) is 9.59 Å². The van der Waals surface area contributed by atoms with Crippen molar-refractivity contribution >= 4 is 23.2 Å². The van der Waals surface area contributed by atoms with Crippen molar-refractivity contribution < 1.29 is 14.3 Å². The van der Waals surface area contributed by atoms with Crippen molar-refractivity contribution in [2.24, 2.45) is 0 Å². The molecule has 0 aromatic heterocycles. The Kier molecular flexibility index (Phi) is 6.65. The van der Waals surface area contributed by atoms with Gasteiger partial charge in [-0.3, -0.25) is 14.5 Å². The van der Waals surface area contributed by atoms with Gasteiger partial charge in [0.2, 0.25) is 5.91 Å². The normalized spacial score (nSPS) is 18.5. The summed E-state index contributed by atoms with van der Waals surface area (Å²) in [6, 6.07) is 12.1. The number of hydrogen-bond donors (Lipinski definition) is 2. The second kappa shape index (κ2) is 9.61. The van der Waals surface area contributed by atoms with Crippen LogP contribution in [0.1, 0.15) is 23.1 Å². The highest BCUT2D eigenvalue weighted by Crippen LogP contribution is 2.31. The van der Waals surface area contributed by atoms with E-state index in [1.54, 1.807) is 0 Å². The fraction of sp³-hybridized carbons (Fsp3) is 0.440. The molecule has 0 aliphatic carbocycles. The maximum absolute atomic E-state index is 12.4. The van der Waals surface area contributed by atoms with E-state index in [2.05, 4.69) is 52.5 Å². The predicted molar refractivity (Wildman–Crippen MR) is 126 cm³/mol. The van der Waals surface area contributed by atoms with E-state index in [-0.39, 0.29) is 18.2 Å². The van der Waals surface area contributed by atoms with E-state index >= 15 is 0 Å². The molecule has 2 N–H and O–H groups in total. The topological polar surface area (TPSA) is 73.9 Å². The van der Waals surface area contributed by atoms with Gasteiger partial charge in [0, 0.05) is 45.0 Å². The molecule has 7 heteroatoms. The van der Waals surface area contributed by atoms with Crippen molar-refractivity contribution in [3.63, 3.8) is 0 Å². The number of anilines is 2. The molecule has 2 heterocycles. The Bertz CT molecular complexity index is 999. The Morgan fingerprint density at radius 2 is 1.91 bits per heavy atom. The second-order valence-electron chi connectivity index (χ2n) is 8.70. The molecule has 2 aliphatic heterocycles. The first-order valence-corrected chi connectivity index (χ1v) is 11.3. The fourth-order valence-electron chi connectivity index (χ4n) is 4.28. The third kappa shape index (κ3) is 5.05. The lowest BCUT2D eigenvalue weighted by Crippen LogP contribution is -2.49. The molecular formula is C25H32N4O3. The van der Waals surface area contributed by atoms with Crippen LogP contribution in [0, 0.1) is 20.8 Å². The number of piperazine rings is 1. The predicted octanol–water partition coefficient (Wildman–Crippen LogP) is 2.64. The molecule has 170 valence electrons. The number of amides is 2. The third-order valence-electron chi connectivity index (χ3n) is 6.36. The molecule has 7 nitrogen and oxygen atoms in total.